The standard InChI is InChI=1S/C18H32N2/c1-7-10-15(2)20(6)14-17-12-9-8-11-16(17)13-19-18(3,4)5/h8-9,11-12,15,19H,7,10,13-14H2,1-6H3. The van der Waals surface area contributed by atoms with Crippen molar-refractivity contribution in [3.05, 3.63) is 35.4 Å². The van der Waals surface area contributed by atoms with E-state index < -0.39 is 0 Å². The van der Waals surface area contributed by atoms with E-state index in [4.69, 9.17) is 0 Å². The molecule has 0 aromatic heterocycles. The van der Waals surface area contributed by atoms with Gasteiger partial charge in [0.1, 0.15) is 0 Å². The van der Waals surface area contributed by atoms with Crippen LogP contribution in [0.1, 0.15) is 58.6 Å². The van der Waals surface area contributed by atoms with E-state index in [9.17, 15) is 0 Å². The second-order valence-corrected chi connectivity index (χ2v) is 6.93. The molecule has 0 saturated heterocycles. The molecule has 1 unspecified atom stereocenters. The Labute approximate surface area is 125 Å². The quantitative estimate of drug-likeness (QED) is 0.803. The smallest absolute Gasteiger partial charge is 0.0236 e. The van der Waals surface area contributed by atoms with Gasteiger partial charge in [0, 0.05) is 24.7 Å². The van der Waals surface area contributed by atoms with Gasteiger partial charge in [-0.1, -0.05) is 37.6 Å². The van der Waals surface area contributed by atoms with Crippen molar-refractivity contribution < 1.29 is 0 Å². The summed E-state index contributed by atoms with van der Waals surface area (Å²) < 4.78 is 0. The fourth-order valence-electron chi connectivity index (χ4n) is 2.31. The third-order valence-electron chi connectivity index (χ3n) is 3.81. The van der Waals surface area contributed by atoms with Crippen molar-refractivity contribution in [1.82, 2.24) is 10.2 Å². The van der Waals surface area contributed by atoms with Gasteiger partial charge >= 0.3 is 0 Å². The molecule has 0 saturated carbocycles. The molecule has 0 bridgehead atoms. The molecule has 0 radical (unpaired) electrons. The Morgan fingerprint density at radius 1 is 1.15 bits per heavy atom. The van der Waals surface area contributed by atoms with Crippen molar-refractivity contribution in [3.8, 4) is 0 Å². The summed E-state index contributed by atoms with van der Waals surface area (Å²) in [5, 5.41) is 3.59. The number of hydrogen-bond donors (Lipinski definition) is 1. The minimum absolute atomic E-state index is 0.161. The van der Waals surface area contributed by atoms with Gasteiger partial charge in [0.2, 0.25) is 0 Å². The topological polar surface area (TPSA) is 15.3 Å². The molecule has 2 heteroatoms. The first-order valence-electron chi connectivity index (χ1n) is 7.85. The zero-order chi connectivity index (χ0) is 15.2. The molecule has 0 aliphatic rings. The zero-order valence-corrected chi connectivity index (χ0v) is 14.2. The van der Waals surface area contributed by atoms with E-state index in [1.165, 1.54) is 24.0 Å². The normalized spacial score (nSPS) is 13.8. The molecule has 0 fully saturated rings. The van der Waals surface area contributed by atoms with Crippen molar-refractivity contribution in [2.24, 2.45) is 0 Å². The fraction of sp³-hybridized carbons (Fsp3) is 0.667. The van der Waals surface area contributed by atoms with Crippen molar-refractivity contribution in [2.75, 3.05) is 7.05 Å². The minimum atomic E-state index is 0.161. The highest BCUT2D eigenvalue weighted by Crippen LogP contribution is 2.15. The molecule has 114 valence electrons. The highest BCUT2D eigenvalue weighted by molar-refractivity contribution is 5.27. The Morgan fingerprint density at radius 2 is 1.75 bits per heavy atom. The summed E-state index contributed by atoms with van der Waals surface area (Å²) in [7, 11) is 2.23. The number of benzene rings is 1. The van der Waals surface area contributed by atoms with Gasteiger partial charge in [0.05, 0.1) is 0 Å². The Hall–Kier alpha value is -0.860. The maximum atomic E-state index is 3.59. The van der Waals surface area contributed by atoms with Crippen LogP contribution in [0.15, 0.2) is 24.3 Å². The van der Waals surface area contributed by atoms with Gasteiger partial charge in [0.15, 0.2) is 0 Å². The molecule has 1 atom stereocenters. The molecule has 0 heterocycles. The zero-order valence-electron chi connectivity index (χ0n) is 14.2. The van der Waals surface area contributed by atoms with Crippen LogP contribution in [-0.2, 0) is 13.1 Å². The third-order valence-corrected chi connectivity index (χ3v) is 3.81. The number of nitrogens with one attached hydrogen (secondary N) is 1. The molecule has 2 nitrogen and oxygen atoms in total. The Kier molecular flexibility index (Phi) is 6.70. The average molecular weight is 276 g/mol. The van der Waals surface area contributed by atoms with Gasteiger partial charge in [-0.2, -0.15) is 0 Å². The summed E-state index contributed by atoms with van der Waals surface area (Å²) in [6.07, 6.45) is 2.51. The predicted octanol–water partition coefficient (Wildman–Crippen LogP) is 4.20. The van der Waals surface area contributed by atoms with E-state index in [0.29, 0.717) is 6.04 Å². The van der Waals surface area contributed by atoms with E-state index in [0.717, 1.165) is 13.1 Å². The van der Waals surface area contributed by atoms with Crippen LogP contribution in [0.2, 0.25) is 0 Å². The van der Waals surface area contributed by atoms with E-state index in [2.05, 4.69) is 76.1 Å². The van der Waals surface area contributed by atoms with Crippen LogP contribution in [0.4, 0.5) is 0 Å². The molecule has 1 N–H and O–H groups in total. The molecule has 0 aliphatic carbocycles. The van der Waals surface area contributed by atoms with Crippen LogP contribution >= 0.6 is 0 Å². The fourth-order valence-corrected chi connectivity index (χ4v) is 2.31. The van der Waals surface area contributed by atoms with Crippen LogP contribution in [0.5, 0.6) is 0 Å². The summed E-state index contributed by atoms with van der Waals surface area (Å²) in [6.45, 7) is 13.2. The molecule has 1 rings (SSSR count). The van der Waals surface area contributed by atoms with Gasteiger partial charge < -0.3 is 5.32 Å². The van der Waals surface area contributed by atoms with E-state index in [1.54, 1.807) is 0 Å². The molecule has 0 amide bonds. The summed E-state index contributed by atoms with van der Waals surface area (Å²) in [6, 6.07) is 9.43. The Balaban J connectivity index is 2.70. The van der Waals surface area contributed by atoms with Crippen LogP contribution < -0.4 is 5.32 Å². The molecular formula is C18H32N2. The molecular weight excluding hydrogens is 244 g/mol. The maximum Gasteiger partial charge on any atom is 0.0236 e. The van der Waals surface area contributed by atoms with Gasteiger partial charge in [-0.05, 0) is 52.3 Å². The molecule has 20 heavy (non-hydrogen) atoms. The van der Waals surface area contributed by atoms with E-state index in [-0.39, 0.29) is 5.54 Å². The highest BCUT2D eigenvalue weighted by atomic mass is 15.1. The predicted molar refractivity (Wildman–Crippen MR) is 88.9 cm³/mol. The second kappa shape index (κ2) is 7.80. The van der Waals surface area contributed by atoms with E-state index >= 15 is 0 Å². The molecule has 1 aromatic carbocycles. The van der Waals surface area contributed by atoms with Crippen LogP contribution in [0.25, 0.3) is 0 Å². The van der Waals surface area contributed by atoms with E-state index in [1.807, 2.05) is 0 Å². The van der Waals surface area contributed by atoms with Crippen molar-refractivity contribution in [2.45, 2.75) is 72.1 Å². The Bertz CT molecular complexity index is 393. The van der Waals surface area contributed by atoms with Crippen molar-refractivity contribution in [1.29, 1.82) is 0 Å². The first kappa shape index (κ1) is 17.2. The maximum absolute atomic E-state index is 3.59. The lowest BCUT2D eigenvalue weighted by atomic mass is 10.0. The first-order valence-corrected chi connectivity index (χ1v) is 7.85. The third kappa shape index (κ3) is 6.06. The first-order chi connectivity index (χ1) is 9.33. The summed E-state index contributed by atoms with van der Waals surface area (Å²) >= 11 is 0. The lowest BCUT2D eigenvalue weighted by Crippen LogP contribution is -2.35. The van der Waals surface area contributed by atoms with Crippen molar-refractivity contribution >= 4 is 0 Å². The molecule has 0 aliphatic heterocycles. The summed E-state index contributed by atoms with van der Waals surface area (Å²) in [4.78, 5) is 2.46. The number of nitrogens with zero attached hydrogens (tertiary/aromatic N) is 1. The van der Waals surface area contributed by atoms with Gasteiger partial charge in [-0.25, -0.2) is 0 Å². The van der Waals surface area contributed by atoms with Gasteiger partial charge in [-0.15, -0.1) is 0 Å². The molecule has 0 spiro atoms. The van der Waals surface area contributed by atoms with Crippen LogP contribution in [-0.4, -0.2) is 23.5 Å². The minimum Gasteiger partial charge on any atom is -0.308 e. The largest absolute Gasteiger partial charge is 0.308 e. The van der Waals surface area contributed by atoms with Crippen LogP contribution in [0.3, 0.4) is 0 Å². The number of rotatable bonds is 7. The second-order valence-electron chi connectivity index (χ2n) is 6.93. The van der Waals surface area contributed by atoms with Gasteiger partial charge in [0.25, 0.3) is 0 Å². The average Bonchev–Trinajstić information content (AvgIpc) is 2.37. The number of hydrogen-bond acceptors (Lipinski definition) is 2. The SMILES string of the molecule is CCCC(C)N(C)Cc1ccccc1CNC(C)(C)C. The lowest BCUT2D eigenvalue weighted by Gasteiger charge is -2.26. The Morgan fingerprint density at radius 3 is 2.30 bits per heavy atom. The monoisotopic (exact) mass is 276 g/mol. The summed E-state index contributed by atoms with van der Waals surface area (Å²) in [5.74, 6) is 0. The lowest BCUT2D eigenvalue weighted by molar-refractivity contribution is 0.236. The summed E-state index contributed by atoms with van der Waals surface area (Å²) in [5.41, 5.74) is 3.02. The highest BCUT2D eigenvalue weighted by Gasteiger charge is 2.13. The van der Waals surface area contributed by atoms with Gasteiger partial charge in [-0.3, -0.25) is 4.90 Å². The van der Waals surface area contributed by atoms with Crippen molar-refractivity contribution in [3.63, 3.8) is 0 Å². The van der Waals surface area contributed by atoms with Crippen LogP contribution in [0, 0.1) is 0 Å². The molecule has 1 aromatic rings.